The largest absolute Gasteiger partial charge is 0.392 e. The van der Waals surface area contributed by atoms with Gasteiger partial charge in [0.15, 0.2) is 0 Å². The fourth-order valence-electron chi connectivity index (χ4n) is 1.32. The summed E-state index contributed by atoms with van der Waals surface area (Å²) in [5, 5.41) is 9.49. The van der Waals surface area contributed by atoms with Crippen LogP contribution in [0.3, 0.4) is 0 Å². The molecule has 0 radical (unpaired) electrons. The summed E-state index contributed by atoms with van der Waals surface area (Å²) in [5.41, 5.74) is -0.204. The van der Waals surface area contributed by atoms with E-state index in [1.54, 1.807) is 6.08 Å². The van der Waals surface area contributed by atoms with Crippen LogP contribution in [0.15, 0.2) is 22.0 Å². The zero-order valence-corrected chi connectivity index (χ0v) is 7.27. The van der Waals surface area contributed by atoms with Crippen molar-refractivity contribution in [3.63, 3.8) is 0 Å². The van der Waals surface area contributed by atoms with E-state index in [-0.39, 0.29) is 5.88 Å². The smallest absolute Gasteiger partial charge is 0.346 e. The number of anilines is 1. The Balaban J connectivity index is 2.44. The molecule has 0 saturated carbocycles. The van der Waals surface area contributed by atoms with Crippen molar-refractivity contribution >= 4 is 11.9 Å². The van der Waals surface area contributed by atoms with E-state index in [4.69, 9.17) is 9.73 Å². The molecule has 0 fully saturated rings. The molecule has 1 aliphatic rings. The summed E-state index contributed by atoms with van der Waals surface area (Å²) in [6, 6.07) is -0.868. The van der Waals surface area contributed by atoms with E-state index in [0.717, 1.165) is 0 Å². The number of carbonyl (C=O) groups is 1. The van der Waals surface area contributed by atoms with Gasteiger partial charge in [-0.1, -0.05) is 10.8 Å². The lowest BCUT2D eigenvalue weighted by molar-refractivity contribution is 0.204. The van der Waals surface area contributed by atoms with Gasteiger partial charge in [-0.25, -0.2) is 4.79 Å². The Morgan fingerprint density at radius 3 is 2.79 bits per heavy atom. The molecular weight excluding hydrogens is 188 g/mol. The highest BCUT2D eigenvalue weighted by Crippen LogP contribution is 2.24. The number of aromatic nitrogens is 1. The van der Waals surface area contributed by atoms with Crippen LogP contribution in [0.1, 0.15) is 12.0 Å². The van der Waals surface area contributed by atoms with E-state index in [9.17, 15) is 9.59 Å². The summed E-state index contributed by atoms with van der Waals surface area (Å²) in [6.07, 6.45) is 2.63. The van der Waals surface area contributed by atoms with E-state index < -0.39 is 11.6 Å². The number of hydrogen-bond acceptors (Lipinski definition) is 4. The van der Waals surface area contributed by atoms with Gasteiger partial charge < -0.3 is 4.52 Å². The standard InChI is InChI=1S/C8H8N2O4/c1-2-3-4-5-6(11)10-8(12)9(13)7(5)14-10/h2,13H,1,3-4H2. The van der Waals surface area contributed by atoms with E-state index in [1.165, 1.54) is 0 Å². The Morgan fingerprint density at radius 2 is 2.21 bits per heavy atom. The Hall–Kier alpha value is -1.82. The second-order valence-corrected chi connectivity index (χ2v) is 2.90. The average molecular weight is 196 g/mol. The summed E-state index contributed by atoms with van der Waals surface area (Å²) < 4.78 is 5.31. The monoisotopic (exact) mass is 196 g/mol. The summed E-state index contributed by atoms with van der Waals surface area (Å²) in [6.45, 7) is 3.51. The third kappa shape index (κ3) is 0.942. The van der Waals surface area contributed by atoms with Crippen LogP contribution in [0, 0.1) is 0 Å². The van der Waals surface area contributed by atoms with Crippen LogP contribution in [-0.4, -0.2) is 16.0 Å². The third-order valence-corrected chi connectivity index (χ3v) is 2.02. The number of carbonyl (C=O) groups excluding carboxylic acids is 1. The number of hydrogen-bond donors (Lipinski definition) is 1. The molecule has 0 unspecified atom stereocenters. The van der Waals surface area contributed by atoms with E-state index in [0.29, 0.717) is 28.2 Å². The van der Waals surface area contributed by atoms with Crippen molar-refractivity contribution in [1.82, 2.24) is 4.74 Å². The summed E-state index contributed by atoms with van der Waals surface area (Å²) in [4.78, 5) is 22.4. The average Bonchev–Trinajstić information content (AvgIpc) is 2.63. The fraction of sp³-hybridized carbons (Fsp3) is 0.250. The molecule has 2 rings (SSSR count). The van der Waals surface area contributed by atoms with Gasteiger partial charge in [0.1, 0.15) is 0 Å². The normalized spacial score (nSPS) is 13.8. The van der Waals surface area contributed by atoms with Crippen LogP contribution in [0.25, 0.3) is 0 Å². The van der Waals surface area contributed by atoms with Crippen LogP contribution < -0.4 is 10.6 Å². The molecule has 14 heavy (non-hydrogen) atoms. The molecule has 6 nitrogen and oxygen atoms in total. The van der Waals surface area contributed by atoms with Gasteiger partial charge in [-0.05, 0) is 12.8 Å². The third-order valence-electron chi connectivity index (χ3n) is 2.02. The van der Waals surface area contributed by atoms with Crippen LogP contribution in [0.5, 0.6) is 0 Å². The van der Waals surface area contributed by atoms with Crippen LogP contribution in [0.2, 0.25) is 0 Å². The Labute approximate surface area is 78.6 Å². The van der Waals surface area contributed by atoms with Gasteiger partial charge in [-0.3, -0.25) is 10.0 Å². The lowest BCUT2D eigenvalue weighted by atomic mass is 10.2. The van der Waals surface area contributed by atoms with Crippen molar-refractivity contribution in [3.05, 3.63) is 28.6 Å². The number of hydroxylamine groups is 1. The SMILES string of the molecule is C=CCCc1c2on(c1=O)C(=O)N2O. The molecule has 0 saturated heterocycles. The highest BCUT2D eigenvalue weighted by atomic mass is 16.6. The molecule has 0 atom stereocenters. The molecule has 1 aromatic rings. The van der Waals surface area contributed by atoms with Gasteiger partial charge in [-0.2, -0.15) is 0 Å². The van der Waals surface area contributed by atoms with Gasteiger partial charge >= 0.3 is 6.03 Å². The van der Waals surface area contributed by atoms with Crippen molar-refractivity contribution in [2.45, 2.75) is 12.8 Å². The minimum atomic E-state index is -0.868. The minimum Gasteiger partial charge on any atom is -0.346 e. The topological polar surface area (TPSA) is 75.7 Å². The molecule has 2 bridgehead atoms. The summed E-state index contributed by atoms with van der Waals surface area (Å²) >= 11 is 0. The maximum Gasteiger partial charge on any atom is 0.392 e. The van der Waals surface area contributed by atoms with E-state index in [2.05, 4.69) is 6.58 Å². The molecule has 1 N–H and O–H groups in total. The summed E-state index contributed by atoms with van der Waals surface area (Å²) in [5.74, 6) is -0.0816. The second kappa shape index (κ2) is 2.85. The molecule has 0 aliphatic carbocycles. The van der Waals surface area contributed by atoms with E-state index in [1.807, 2.05) is 0 Å². The maximum absolute atomic E-state index is 11.4. The molecule has 0 aromatic carbocycles. The number of fused-ring (bicyclic) bond motifs is 2. The predicted molar refractivity (Wildman–Crippen MR) is 46.5 cm³/mol. The van der Waals surface area contributed by atoms with Gasteiger partial charge in [-0.15, -0.1) is 11.6 Å². The second-order valence-electron chi connectivity index (χ2n) is 2.90. The van der Waals surface area contributed by atoms with Gasteiger partial charge in [0.05, 0.1) is 5.56 Å². The maximum atomic E-state index is 11.4. The number of allylic oxidation sites excluding steroid dienone is 1. The van der Waals surface area contributed by atoms with Crippen LogP contribution >= 0.6 is 0 Å². The first-order chi connectivity index (χ1) is 6.66. The number of amides is 1. The van der Waals surface area contributed by atoms with Crippen molar-refractivity contribution in [2.24, 2.45) is 0 Å². The Kier molecular flexibility index (Phi) is 1.78. The fourth-order valence-corrected chi connectivity index (χ4v) is 1.32. The molecule has 1 amide bonds. The van der Waals surface area contributed by atoms with E-state index >= 15 is 0 Å². The van der Waals surface area contributed by atoms with Crippen molar-refractivity contribution < 1.29 is 14.5 Å². The minimum absolute atomic E-state index is 0.0816. The zero-order valence-electron chi connectivity index (χ0n) is 7.27. The molecule has 2 heterocycles. The van der Waals surface area contributed by atoms with Crippen LogP contribution in [-0.2, 0) is 6.42 Å². The highest BCUT2D eigenvalue weighted by molar-refractivity contribution is 5.93. The molecule has 6 heteroatoms. The first-order valence-corrected chi connectivity index (χ1v) is 4.06. The lowest BCUT2D eigenvalue weighted by Gasteiger charge is -2.06. The first-order valence-electron chi connectivity index (χ1n) is 4.06. The zero-order chi connectivity index (χ0) is 10.3. The molecule has 74 valence electrons. The lowest BCUT2D eigenvalue weighted by Crippen LogP contribution is -2.37. The molecular formula is C8H8N2O4. The van der Waals surface area contributed by atoms with Crippen LogP contribution in [0.4, 0.5) is 10.7 Å². The van der Waals surface area contributed by atoms with Gasteiger partial charge in [0, 0.05) is 0 Å². The molecule has 1 aromatic heterocycles. The number of rotatable bonds is 3. The summed E-state index contributed by atoms with van der Waals surface area (Å²) in [7, 11) is 0. The van der Waals surface area contributed by atoms with Crippen molar-refractivity contribution in [2.75, 3.05) is 5.06 Å². The highest BCUT2D eigenvalue weighted by Gasteiger charge is 2.36. The van der Waals surface area contributed by atoms with Gasteiger partial charge in [0.25, 0.3) is 11.4 Å². The predicted octanol–water partition coefficient (Wildman–Crippen LogP) is 0.737. The molecule has 0 spiro atoms. The quantitative estimate of drug-likeness (QED) is 0.571. The van der Waals surface area contributed by atoms with Crippen molar-refractivity contribution in [3.8, 4) is 0 Å². The molecule has 1 aliphatic heterocycles. The Morgan fingerprint density at radius 1 is 1.50 bits per heavy atom. The Bertz CT molecular complexity index is 456. The van der Waals surface area contributed by atoms with Gasteiger partial charge in [0.2, 0.25) is 0 Å². The van der Waals surface area contributed by atoms with Crippen molar-refractivity contribution in [1.29, 1.82) is 0 Å². The first kappa shape index (κ1) is 8.76. The number of nitrogens with zero attached hydrogens (tertiary/aromatic N) is 2.